The van der Waals surface area contributed by atoms with E-state index in [0.29, 0.717) is 19.6 Å². The first kappa shape index (κ1) is 17.8. The Hall–Kier alpha value is -2.06. The highest BCUT2D eigenvalue weighted by Gasteiger charge is 2.39. The molecule has 0 bridgehead atoms. The van der Waals surface area contributed by atoms with E-state index < -0.39 is 15.6 Å². The smallest absolute Gasteiger partial charge is 0.221 e. The van der Waals surface area contributed by atoms with Crippen LogP contribution in [0.5, 0.6) is 0 Å². The number of aromatic nitrogens is 1. The third-order valence-electron chi connectivity index (χ3n) is 4.53. The number of rotatable bonds is 3. The first-order valence-electron chi connectivity index (χ1n) is 8.19. The lowest BCUT2D eigenvalue weighted by Crippen LogP contribution is -2.60. The molecule has 0 atom stereocenters. The van der Waals surface area contributed by atoms with E-state index in [0.717, 1.165) is 22.3 Å². The van der Waals surface area contributed by atoms with Crippen LogP contribution in [0.15, 0.2) is 24.4 Å². The molecule has 1 aliphatic heterocycles. The first-order chi connectivity index (χ1) is 11.6. The maximum atomic E-state index is 12.0. The first-order valence-corrected chi connectivity index (χ1v) is 10.0. The average molecular weight is 364 g/mol. The maximum Gasteiger partial charge on any atom is 0.221 e. The van der Waals surface area contributed by atoms with Gasteiger partial charge in [0, 0.05) is 60.6 Å². The summed E-state index contributed by atoms with van der Waals surface area (Å²) in [4.78, 5) is 16.8. The monoisotopic (exact) mass is 364 g/mol. The number of hydrogen-bond donors (Lipinski definition) is 2. The maximum absolute atomic E-state index is 12.0. The van der Waals surface area contributed by atoms with Crippen molar-refractivity contribution in [2.24, 2.45) is 0 Å². The van der Waals surface area contributed by atoms with Crippen molar-refractivity contribution < 1.29 is 13.2 Å². The fourth-order valence-corrected chi connectivity index (χ4v) is 5.01. The molecule has 136 valence electrons. The third kappa shape index (κ3) is 3.50. The molecule has 0 saturated carbocycles. The highest BCUT2D eigenvalue weighted by molar-refractivity contribution is 7.88. The predicted octanol–water partition coefficient (Wildman–Crippen LogP) is 1.99. The summed E-state index contributed by atoms with van der Waals surface area (Å²) in [5.74, 6) is -0.126. The number of nitrogens with one attached hydrogen (secondary N) is 2. The van der Waals surface area contributed by atoms with Crippen LogP contribution in [0.2, 0.25) is 0 Å². The number of piperazine rings is 1. The molecule has 0 aliphatic carbocycles. The summed E-state index contributed by atoms with van der Waals surface area (Å²) in [5.41, 5.74) is 2.13. The van der Waals surface area contributed by atoms with Crippen LogP contribution in [-0.2, 0) is 14.8 Å². The minimum atomic E-state index is -3.25. The van der Waals surface area contributed by atoms with Gasteiger partial charge >= 0.3 is 0 Å². The lowest BCUT2D eigenvalue weighted by molar-refractivity contribution is -0.114. The second-order valence-electron chi connectivity index (χ2n) is 7.18. The number of benzene rings is 1. The van der Waals surface area contributed by atoms with Crippen molar-refractivity contribution in [2.75, 3.05) is 36.1 Å². The van der Waals surface area contributed by atoms with Crippen molar-refractivity contribution in [3.8, 4) is 0 Å². The number of carbonyl (C=O) groups excluding carboxylic acids is 1. The van der Waals surface area contributed by atoms with Gasteiger partial charge in [0.25, 0.3) is 0 Å². The number of carbonyl (C=O) groups is 1. The largest absolute Gasteiger partial charge is 0.368 e. The molecular formula is C17H24N4O3S. The van der Waals surface area contributed by atoms with Gasteiger partial charge in [-0.25, -0.2) is 8.42 Å². The number of aromatic amines is 1. The van der Waals surface area contributed by atoms with Crippen molar-refractivity contribution >= 4 is 38.2 Å². The number of amides is 1. The molecule has 25 heavy (non-hydrogen) atoms. The number of fused-ring (bicyclic) bond motifs is 1. The Morgan fingerprint density at radius 1 is 1.28 bits per heavy atom. The number of nitrogens with zero attached hydrogens (tertiary/aromatic N) is 2. The summed E-state index contributed by atoms with van der Waals surface area (Å²) in [7, 11) is -3.25. The lowest BCUT2D eigenvalue weighted by Gasteiger charge is -2.46. The Bertz CT molecular complexity index is 917. The summed E-state index contributed by atoms with van der Waals surface area (Å²) in [6.45, 7) is 6.96. The Labute approximate surface area is 148 Å². The van der Waals surface area contributed by atoms with Gasteiger partial charge in [-0.05, 0) is 32.0 Å². The number of sulfonamides is 1. The molecule has 3 rings (SSSR count). The molecule has 1 aliphatic rings. The molecule has 2 heterocycles. The molecule has 8 heteroatoms. The van der Waals surface area contributed by atoms with E-state index in [-0.39, 0.29) is 5.91 Å². The second kappa shape index (κ2) is 6.03. The zero-order valence-corrected chi connectivity index (χ0v) is 15.8. The van der Waals surface area contributed by atoms with Crippen LogP contribution in [0.3, 0.4) is 0 Å². The quantitative estimate of drug-likeness (QED) is 0.872. The normalized spacial score (nSPS) is 18.5. The van der Waals surface area contributed by atoms with E-state index >= 15 is 0 Å². The Morgan fingerprint density at radius 2 is 2.00 bits per heavy atom. The van der Waals surface area contributed by atoms with Gasteiger partial charge < -0.3 is 15.2 Å². The average Bonchev–Trinajstić information content (AvgIpc) is 2.91. The molecular weight excluding hydrogens is 340 g/mol. The van der Waals surface area contributed by atoms with Crippen molar-refractivity contribution in [1.82, 2.24) is 9.29 Å². The van der Waals surface area contributed by atoms with Crippen molar-refractivity contribution in [1.29, 1.82) is 0 Å². The van der Waals surface area contributed by atoms with Gasteiger partial charge in [0.2, 0.25) is 15.9 Å². The van der Waals surface area contributed by atoms with E-state index in [9.17, 15) is 13.2 Å². The fourth-order valence-electron chi connectivity index (χ4n) is 3.64. The highest BCUT2D eigenvalue weighted by atomic mass is 32.2. The molecule has 1 aromatic carbocycles. The van der Waals surface area contributed by atoms with Gasteiger partial charge in [-0.2, -0.15) is 4.31 Å². The van der Waals surface area contributed by atoms with Crippen LogP contribution in [0.25, 0.3) is 10.9 Å². The fraction of sp³-hybridized carbons (Fsp3) is 0.471. The van der Waals surface area contributed by atoms with Gasteiger partial charge in [-0.15, -0.1) is 0 Å². The zero-order valence-electron chi connectivity index (χ0n) is 15.0. The topological polar surface area (TPSA) is 85.5 Å². The Balaban J connectivity index is 1.99. The highest BCUT2D eigenvalue weighted by Crippen LogP contribution is 2.34. The van der Waals surface area contributed by atoms with Crippen molar-refractivity contribution in [3.63, 3.8) is 0 Å². The van der Waals surface area contributed by atoms with Crippen LogP contribution in [0, 0.1) is 0 Å². The van der Waals surface area contributed by atoms with Gasteiger partial charge in [0.05, 0.1) is 6.26 Å². The molecule has 2 N–H and O–H groups in total. The summed E-state index contributed by atoms with van der Waals surface area (Å²) < 4.78 is 25.7. The molecule has 1 fully saturated rings. The van der Waals surface area contributed by atoms with E-state index in [1.54, 1.807) is 4.31 Å². The third-order valence-corrected chi connectivity index (χ3v) is 6.01. The number of H-pyrrole nitrogens is 1. The van der Waals surface area contributed by atoms with Gasteiger partial charge in [0.1, 0.15) is 0 Å². The number of hydrogen-bond acceptors (Lipinski definition) is 4. The van der Waals surface area contributed by atoms with Crippen LogP contribution < -0.4 is 10.2 Å². The molecule has 0 spiro atoms. The van der Waals surface area contributed by atoms with Gasteiger partial charge in [-0.3, -0.25) is 4.79 Å². The SMILES string of the molecule is CC(=O)Nc1cc(N2CCN(S(C)(=O)=O)C(C)(C)C2)c2cc[nH]c2c1. The minimum Gasteiger partial charge on any atom is -0.368 e. The standard InChI is InChI=1S/C17H24N4O3S/c1-12(22)19-13-9-15-14(5-6-18-15)16(10-13)20-7-8-21(25(4,23)24)17(2,3)11-20/h5-6,9-10,18H,7-8,11H2,1-4H3,(H,19,22). The molecule has 7 nitrogen and oxygen atoms in total. The van der Waals surface area contributed by atoms with E-state index in [2.05, 4.69) is 15.2 Å². The van der Waals surface area contributed by atoms with E-state index in [1.165, 1.54) is 13.2 Å². The molecule has 2 aromatic rings. The molecule has 0 unspecified atom stereocenters. The summed E-state index contributed by atoms with van der Waals surface area (Å²) in [6.07, 6.45) is 3.12. The molecule has 0 radical (unpaired) electrons. The summed E-state index contributed by atoms with van der Waals surface area (Å²) in [6, 6.07) is 5.85. The van der Waals surface area contributed by atoms with E-state index in [4.69, 9.17) is 0 Å². The minimum absolute atomic E-state index is 0.126. The van der Waals surface area contributed by atoms with Crippen LogP contribution in [-0.4, -0.2) is 55.0 Å². The van der Waals surface area contributed by atoms with Crippen molar-refractivity contribution in [3.05, 3.63) is 24.4 Å². The predicted molar refractivity (Wildman–Crippen MR) is 100 cm³/mol. The van der Waals surface area contributed by atoms with E-state index in [1.807, 2.05) is 38.2 Å². The van der Waals surface area contributed by atoms with Crippen LogP contribution >= 0.6 is 0 Å². The lowest BCUT2D eigenvalue weighted by atomic mass is 10.0. The molecule has 1 amide bonds. The molecule has 1 aromatic heterocycles. The van der Waals surface area contributed by atoms with Gasteiger partial charge in [-0.1, -0.05) is 0 Å². The van der Waals surface area contributed by atoms with Crippen LogP contribution in [0.1, 0.15) is 20.8 Å². The summed E-state index contributed by atoms with van der Waals surface area (Å²) in [5, 5.41) is 3.88. The zero-order chi connectivity index (χ0) is 18.4. The van der Waals surface area contributed by atoms with Gasteiger partial charge in [0.15, 0.2) is 0 Å². The van der Waals surface area contributed by atoms with Crippen molar-refractivity contribution in [2.45, 2.75) is 26.3 Å². The molecule has 1 saturated heterocycles. The number of anilines is 2. The van der Waals surface area contributed by atoms with Crippen LogP contribution in [0.4, 0.5) is 11.4 Å². The second-order valence-corrected chi connectivity index (χ2v) is 9.09. The Kier molecular flexibility index (Phi) is 4.28. The summed E-state index contributed by atoms with van der Waals surface area (Å²) >= 11 is 0. The Morgan fingerprint density at radius 3 is 2.60 bits per heavy atom.